The standard InChI is InChI=1S/C10H20.C2H6/c1-6-10(9(4)5)7-8(2)3;1-2/h6,8-10H,1,7H2,2-5H3;1-2H3. The van der Waals surface area contributed by atoms with Crippen molar-refractivity contribution in [3.63, 3.8) is 0 Å². The third-order valence-electron chi connectivity index (χ3n) is 1.90. The Labute approximate surface area is 79.1 Å². The van der Waals surface area contributed by atoms with Crippen LogP contribution in [0.2, 0.25) is 0 Å². The summed E-state index contributed by atoms with van der Waals surface area (Å²) in [5, 5.41) is 0. The lowest BCUT2D eigenvalue weighted by molar-refractivity contribution is 0.381. The normalized spacial score (nSPS) is 12.3. The number of hydrogen-bond donors (Lipinski definition) is 0. The van der Waals surface area contributed by atoms with Crippen molar-refractivity contribution in [2.24, 2.45) is 17.8 Å². The van der Waals surface area contributed by atoms with E-state index in [1.54, 1.807) is 0 Å². The highest BCUT2D eigenvalue weighted by Crippen LogP contribution is 2.20. The van der Waals surface area contributed by atoms with Gasteiger partial charge in [-0.25, -0.2) is 0 Å². The minimum absolute atomic E-state index is 0.708. The van der Waals surface area contributed by atoms with Gasteiger partial charge in [0.05, 0.1) is 0 Å². The summed E-state index contributed by atoms with van der Waals surface area (Å²) >= 11 is 0. The Bertz CT molecular complexity index is 90.2. The molecule has 0 nitrogen and oxygen atoms in total. The van der Waals surface area contributed by atoms with Gasteiger partial charge in [0.15, 0.2) is 0 Å². The molecule has 0 heterocycles. The van der Waals surface area contributed by atoms with Gasteiger partial charge >= 0.3 is 0 Å². The van der Waals surface area contributed by atoms with Crippen LogP contribution in [0.4, 0.5) is 0 Å². The number of hydrogen-bond acceptors (Lipinski definition) is 0. The molecule has 12 heavy (non-hydrogen) atoms. The maximum atomic E-state index is 3.84. The molecular formula is C12H26. The summed E-state index contributed by atoms with van der Waals surface area (Å²) in [4.78, 5) is 0. The Morgan fingerprint density at radius 3 is 1.58 bits per heavy atom. The van der Waals surface area contributed by atoms with E-state index < -0.39 is 0 Å². The highest BCUT2D eigenvalue weighted by molar-refractivity contribution is 4.81. The first-order chi connectivity index (χ1) is 5.57. The van der Waals surface area contributed by atoms with Crippen molar-refractivity contribution in [1.82, 2.24) is 0 Å². The molecule has 0 aromatic rings. The van der Waals surface area contributed by atoms with E-state index in [4.69, 9.17) is 0 Å². The molecule has 0 spiro atoms. The van der Waals surface area contributed by atoms with E-state index in [2.05, 4.69) is 40.3 Å². The summed E-state index contributed by atoms with van der Waals surface area (Å²) in [7, 11) is 0. The van der Waals surface area contributed by atoms with E-state index >= 15 is 0 Å². The SMILES string of the molecule is C=CC(CC(C)C)C(C)C.CC. The average Bonchev–Trinajstić information content (AvgIpc) is 2.03. The van der Waals surface area contributed by atoms with Gasteiger partial charge in [-0.3, -0.25) is 0 Å². The summed E-state index contributed by atoms with van der Waals surface area (Å²) in [6, 6.07) is 0. The largest absolute Gasteiger partial charge is 0.103 e. The molecule has 0 aromatic heterocycles. The highest BCUT2D eigenvalue weighted by atomic mass is 14.1. The zero-order chi connectivity index (χ0) is 10.1. The van der Waals surface area contributed by atoms with Crippen LogP contribution in [-0.2, 0) is 0 Å². The van der Waals surface area contributed by atoms with Gasteiger partial charge in [0.2, 0.25) is 0 Å². The molecule has 74 valence electrons. The fourth-order valence-corrected chi connectivity index (χ4v) is 1.18. The Morgan fingerprint density at radius 1 is 1.08 bits per heavy atom. The molecule has 1 unspecified atom stereocenters. The van der Waals surface area contributed by atoms with Gasteiger partial charge in [0.1, 0.15) is 0 Å². The quantitative estimate of drug-likeness (QED) is 0.544. The number of allylic oxidation sites excluding steroid dienone is 1. The molecule has 0 fully saturated rings. The van der Waals surface area contributed by atoms with E-state index in [9.17, 15) is 0 Å². The van der Waals surface area contributed by atoms with Crippen molar-refractivity contribution in [3.05, 3.63) is 12.7 Å². The van der Waals surface area contributed by atoms with Crippen LogP contribution < -0.4 is 0 Å². The molecule has 0 saturated heterocycles. The van der Waals surface area contributed by atoms with Crippen LogP contribution >= 0.6 is 0 Å². The molecule has 0 radical (unpaired) electrons. The van der Waals surface area contributed by atoms with Crippen molar-refractivity contribution in [1.29, 1.82) is 0 Å². The third-order valence-corrected chi connectivity index (χ3v) is 1.90. The minimum atomic E-state index is 0.708. The van der Waals surface area contributed by atoms with E-state index in [0.29, 0.717) is 5.92 Å². The summed E-state index contributed by atoms with van der Waals surface area (Å²) in [5.74, 6) is 2.25. The molecule has 0 amide bonds. The monoisotopic (exact) mass is 170 g/mol. The second kappa shape index (κ2) is 8.83. The van der Waals surface area contributed by atoms with Gasteiger partial charge in [-0.05, 0) is 24.2 Å². The van der Waals surface area contributed by atoms with Crippen LogP contribution in [0.15, 0.2) is 12.7 Å². The molecule has 0 N–H and O–H groups in total. The Morgan fingerprint density at radius 2 is 1.50 bits per heavy atom. The molecule has 0 aromatic carbocycles. The fourth-order valence-electron chi connectivity index (χ4n) is 1.18. The van der Waals surface area contributed by atoms with E-state index in [1.165, 1.54) is 6.42 Å². The zero-order valence-electron chi connectivity index (χ0n) is 9.72. The molecule has 0 rings (SSSR count). The van der Waals surface area contributed by atoms with Crippen molar-refractivity contribution in [2.45, 2.75) is 48.0 Å². The summed E-state index contributed by atoms with van der Waals surface area (Å²) in [5.41, 5.74) is 0. The van der Waals surface area contributed by atoms with Gasteiger partial charge in [-0.15, -0.1) is 6.58 Å². The van der Waals surface area contributed by atoms with Crippen LogP contribution in [0, 0.1) is 17.8 Å². The maximum absolute atomic E-state index is 3.84. The first-order valence-electron chi connectivity index (χ1n) is 5.20. The first kappa shape index (κ1) is 14.3. The summed E-state index contributed by atoms with van der Waals surface area (Å²) in [6.07, 6.45) is 3.37. The molecule has 0 aliphatic carbocycles. The van der Waals surface area contributed by atoms with Gasteiger partial charge in [0.25, 0.3) is 0 Å². The average molecular weight is 170 g/mol. The van der Waals surface area contributed by atoms with Crippen molar-refractivity contribution >= 4 is 0 Å². The second-order valence-electron chi connectivity index (χ2n) is 3.77. The Hall–Kier alpha value is -0.260. The highest BCUT2D eigenvalue weighted by Gasteiger charge is 2.09. The summed E-state index contributed by atoms with van der Waals surface area (Å²) in [6.45, 7) is 16.9. The van der Waals surface area contributed by atoms with Crippen LogP contribution in [0.5, 0.6) is 0 Å². The van der Waals surface area contributed by atoms with Crippen LogP contribution in [-0.4, -0.2) is 0 Å². The Kier molecular flexibility index (Phi) is 10.5. The second-order valence-corrected chi connectivity index (χ2v) is 3.77. The third kappa shape index (κ3) is 7.84. The van der Waals surface area contributed by atoms with Crippen LogP contribution in [0.3, 0.4) is 0 Å². The predicted molar refractivity (Wildman–Crippen MR) is 59.3 cm³/mol. The molecule has 0 aliphatic rings. The van der Waals surface area contributed by atoms with E-state index in [-0.39, 0.29) is 0 Å². The maximum Gasteiger partial charge on any atom is -0.0211 e. The van der Waals surface area contributed by atoms with Gasteiger partial charge < -0.3 is 0 Å². The molecule has 1 atom stereocenters. The van der Waals surface area contributed by atoms with Crippen molar-refractivity contribution < 1.29 is 0 Å². The van der Waals surface area contributed by atoms with Gasteiger partial charge in [-0.1, -0.05) is 47.6 Å². The fraction of sp³-hybridized carbons (Fsp3) is 0.833. The minimum Gasteiger partial charge on any atom is -0.103 e. The molecular weight excluding hydrogens is 144 g/mol. The topological polar surface area (TPSA) is 0 Å². The lowest BCUT2D eigenvalue weighted by Crippen LogP contribution is -2.08. The summed E-state index contributed by atoms with van der Waals surface area (Å²) < 4.78 is 0. The first-order valence-corrected chi connectivity index (χ1v) is 5.20. The van der Waals surface area contributed by atoms with Gasteiger partial charge in [0, 0.05) is 0 Å². The molecule has 0 bridgehead atoms. The van der Waals surface area contributed by atoms with E-state index in [1.807, 2.05) is 13.8 Å². The zero-order valence-corrected chi connectivity index (χ0v) is 9.72. The predicted octanol–water partition coefficient (Wildman–Crippen LogP) is 4.52. The lowest BCUT2D eigenvalue weighted by Gasteiger charge is -2.18. The number of rotatable bonds is 4. The van der Waals surface area contributed by atoms with E-state index in [0.717, 1.165) is 11.8 Å². The molecule has 0 heteroatoms. The Balaban J connectivity index is 0. The van der Waals surface area contributed by atoms with Crippen LogP contribution in [0.1, 0.15) is 48.0 Å². The lowest BCUT2D eigenvalue weighted by atomic mass is 9.88. The van der Waals surface area contributed by atoms with Gasteiger partial charge in [-0.2, -0.15) is 0 Å². The smallest absolute Gasteiger partial charge is 0.0211 e. The molecule has 0 aliphatic heterocycles. The molecule has 0 saturated carbocycles. The van der Waals surface area contributed by atoms with Crippen molar-refractivity contribution in [3.8, 4) is 0 Å². The van der Waals surface area contributed by atoms with Crippen LogP contribution in [0.25, 0.3) is 0 Å². The van der Waals surface area contributed by atoms with Crippen molar-refractivity contribution in [2.75, 3.05) is 0 Å².